The van der Waals surface area contributed by atoms with Crippen LogP contribution in [0.5, 0.6) is 23.0 Å². The lowest BCUT2D eigenvalue weighted by Gasteiger charge is -2.35. The molecule has 0 unspecified atom stereocenters. The number of hydrogen-bond donors (Lipinski definition) is 1. The molecule has 2 aliphatic rings. The number of aromatic nitrogens is 1. The van der Waals surface area contributed by atoms with Crippen molar-refractivity contribution in [3.8, 4) is 23.0 Å². The molecule has 8 nitrogen and oxygen atoms in total. The van der Waals surface area contributed by atoms with Crippen LogP contribution in [0, 0.1) is 6.92 Å². The molecule has 5 rings (SSSR count). The van der Waals surface area contributed by atoms with Crippen LogP contribution < -0.4 is 24.3 Å². The molecule has 8 heteroatoms. The molecular weight excluding hydrogens is 448 g/mol. The van der Waals surface area contributed by atoms with Gasteiger partial charge in [0.2, 0.25) is 5.88 Å². The van der Waals surface area contributed by atoms with E-state index in [4.69, 9.17) is 23.5 Å². The van der Waals surface area contributed by atoms with E-state index in [-0.39, 0.29) is 17.6 Å². The number of benzene rings is 2. The normalized spacial score (nSPS) is 18.9. The first kappa shape index (κ1) is 22.8. The van der Waals surface area contributed by atoms with E-state index < -0.39 is 0 Å². The summed E-state index contributed by atoms with van der Waals surface area (Å²) in [6.07, 6.45) is 1.01. The average Bonchev–Trinajstić information content (AvgIpc) is 3.26. The third-order valence-electron chi connectivity index (χ3n) is 6.88. The van der Waals surface area contributed by atoms with Gasteiger partial charge in [0.1, 0.15) is 0 Å². The van der Waals surface area contributed by atoms with Crippen LogP contribution in [0.4, 0.5) is 5.88 Å². The lowest BCUT2D eigenvalue weighted by Crippen LogP contribution is -2.29. The van der Waals surface area contributed by atoms with Crippen molar-refractivity contribution in [2.45, 2.75) is 31.6 Å². The number of ether oxygens (including phenoxy) is 4. The molecule has 1 aliphatic carbocycles. The van der Waals surface area contributed by atoms with Gasteiger partial charge in [-0.2, -0.15) is 0 Å². The van der Waals surface area contributed by atoms with Gasteiger partial charge in [-0.1, -0.05) is 23.4 Å². The zero-order chi connectivity index (χ0) is 24.7. The van der Waals surface area contributed by atoms with Gasteiger partial charge in [-0.3, -0.25) is 4.79 Å². The predicted molar refractivity (Wildman–Crippen MR) is 130 cm³/mol. The van der Waals surface area contributed by atoms with Gasteiger partial charge in [0, 0.05) is 23.3 Å². The highest BCUT2D eigenvalue weighted by Gasteiger charge is 2.42. The van der Waals surface area contributed by atoms with E-state index in [1.54, 1.807) is 28.4 Å². The number of nitrogens with zero attached hydrogens (tertiary/aromatic N) is 1. The van der Waals surface area contributed by atoms with E-state index >= 15 is 0 Å². The molecule has 182 valence electrons. The summed E-state index contributed by atoms with van der Waals surface area (Å²) >= 11 is 0. The van der Waals surface area contributed by atoms with Crippen LogP contribution >= 0.6 is 0 Å². The molecule has 2 heterocycles. The van der Waals surface area contributed by atoms with Gasteiger partial charge in [0.05, 0.1) is 45.6 Å². The summed E-state index contributed by atoms with van der Waals surface area (Å²) in [5, 5.41) is 7.56. The molecule has 0 saturated carbocycles. The Kier molecular flexibility index (Phi) is 5.88. The summed E-state index contributed by atoms with van der Waals surface area (Å²) in [4.78, 5) is 13.8. The van der Waals surface area contributed by atoms with Crippen LogP contribution in [-0.4, -0.2) is 39.4 Å². The van der Waals surface area contributed by atoms with Crippen molar-refractivity contribution in [1.29, 1.82) is 0 Å². The Hall–Kier alpha value is -3.94. The maximum absolute atomic E-state index is 13.8. The maximum Gasteiger partial charge on any atom is 0.233 e. The number of carbonyl (C=O) groups is 1. The summed E-state index contributed by atoms with van der Waals surface area (Å²) in [6.45, 7) is 1.88. The molecule has 1 N–H and O–H groups in total. The van der Waals surface area contributed by atoms with Gasteiger partial charge < -0.3 is 28.8 Å². The molecule has 2 aromatic carbocycles. The highest BCUT2D eigenvalue weighted by Crippen LogP contribution is 2.52. The molecule has 1 aromatic heterocycles. The number of hydrogen-bond acceptors (Lipinski definition) is 8. The number of ketones is 1. The number of nitrogens with one attached hydrogen (secondary N) is 1. The number of anilines is 1. The first-order chi connectivity index (χ1) is 17.0. The van der Waals surface area contributed by atoms with Crippen LogP contribution in [0.2, 0.25) is 0 Å². The predicted octanol–water partition coefficient (Wildman–Crippen LogP) is 4.98. The number of fused-ring (bicyclic) bond motifs is 1. The van der Waals surface area contributed by atoms with Crippen molar-refractivity contribution in [3.63, 3.8) is 0 Å². The Bertz CT molecular complexity index is 1330. The minimum Gasteiger partial charge on any atom is -0.493 e. The van der Waals surface area contributed by atoms with E-state index in [1.165, 1.54) is 0 Å². The number of carbonyl (C=O) groups excluding carboxylic acids is 1. The molecule has 0 fully saturated rings. The third kappa shape index (κ3) is 3.69. The molecule has 0 bridgehead atoms. The fourth-order valence-corrected chi connectivity index (χ4v) is 5.27. The standard InChI is InChI=1S/C27H28N2O6/c1-14-23-24(17-7-6-8-21(32-3)26(17)34-5)25-18(28-27(23)35-29-14)11-16(12-19(25)30)15-9-10-20(31-2)22(13-15)33-4/h6-10,13,16,24,28H,11-12H2,1-5H3/t16-,24+/m0/s1. The van der Waals surface area contributed by atoms with Crippen molar-refractivity contribution in [3.05, 3.63) is 70.1 Å². The van der Waals surface area contributed by atoms with Crippen molar-refractivity contribution >= 4 is 11.7 Å². The van der Waals surface area contributed by atoms with E-state index in [2.05, 4.69) is 10.5 Å². The molecule has 2 atom stereocenters. The Morgan fingerprint density at radius 1 is 0.943 bits per heavy atom. The molecule has 0 amide bonds. The lowest BCUT2D eigenvalue weighted by molar-refractivity contribution is -0.116. The second kappa shape index (κ2) is 9.02. The van der Waals surface area contributed by atoms with E-state index in [0.29, 0.717) is 47.3 Å². The van der Waals surface area contributed by atoms with Gasteiger partial charge in [-0.15, -0.1) is 0 Å². The highest BCUT2D eigenvalue weighted by molar-refractivity contribution is 6.01. The Morgan fingerprint density at radius 3 is 2.43 bits per heavy atom. The van der Waals surface area contributed by atoms with Gasteiger partial charge in [0.25, 0.3) is 0 Å². The molecular formula is C27H28N2O6. The summed E-state index contributed by atoms with van der Waals surface area (Å²) in [7, 11) is 6.42. The quantitative estimate of drug-likeness (QED) is 0.533. The average molecular weight is 477 g/mol. The zero-order valence-electron chi connectivity index (χ0n) is 20.4. The Balaban J connectivity index is 1.62. The van der Waals surface area contributed by atoms with Gasteiger partial charge >= 0.3 is 0 Å². The van der Waals surface area contributed by atoms with Crippen LogP contribution in [0.1, 0.15) is 47.1 Å². The number of allylic oxidation sites excluding steroid dienone is 2. The third-order valence-corrected chi connectivity index (χ3v) is 6.88. The molecule has 35 heavy (non-hydrogen) atoms. The van der Waals surface area contributed by atoms with Crippen LogP contribution in [-0.2, 0) is 4.79 Å². The molecule has 1 aliphatic heterocycles. The van der Waals surface area contributed by atoms with Crippen LogP contribution in [0.3, 0.4) is 0 Å². The van der Waals surface area contributed by atoms with E-state index in [1.807, 2.05) is 43.3 Å². The maximum atomic E-state index is 13.8. The largest absolute Gasteiger partial charge is 0.493 e. The zero-order valence-corrected chi connectivity index (χ0v) is 20.4. The summed E-state index contributed by atoms with van der Waals surface area (Å²) in [5.74, 6) is 2.71. The molecule has 0 radical (unpaired) electrons. The number of Topliss-reactive ketones (excluding diaryl/α,β-unsaturated/α-hetero) is 1. The van der Waals surface area contributed by atoms with Gasteiger partial charge in [-0.05, 0) is 43.0 Å². The van der Waals surface area contributed by atoms with Crippen LogP contribution in [0.25, 0.3) is 0 Å². The second-order valence-corrected chi connectivity index (χ2v) is 8.69. The SMILES string of the molecule is COc1ccc([C@@H]2CC(=O)C3=C(C2)Nc2onc(C)c2[C@H]3c2cccc(OC)c2OC)cc1OC. The van der Waals surface area contributed by atoms with Crippen molar-refractivity contribution in [2.75, 3.05) is 33.8 Å². The summed E-state index contributed by atoms with van der Waals surface area (Å²) < 4.78 is 27.8. The first-order valence-corrected chi connectivity index (χ1v) is 11.4. The monoisotopic (exact) mass is 476 g/mol. The molecule has 0 spiro atoms. The van der Waals surface area contributed by atoms with Gasteiger partial charge in [0.15, 0.2) is 28.8 Å². The lowest BCUT2D eigenvalue weighted by atomic mass is 9.72. The van der Waals surface area contributed by atoms with E-state index in [9.17, 15) is 4.79 Å². The molecule has 0 saturated heterocycles. The summed E-state index contributed by atoms with van der Waals surface area (Å²) in [5.41, 5.74) is 4.97. The topological polar surface area (TPSA) is 92.1 Å². The van der Waals surface area contributed by atoms with Crippen molar-refractivity contribution in [1.82, 2.24) is 5.16 Å². The second-order valence-electron chi connectivity index (χ2n) is 8.69. The summed E-state index contributed by atoms with van der Waals surface area (Å²) in [6, 6.07) is 11.5. The Morgan fingerprint density at radius 2 is 1.71 bits per heavy atom. The smallest absolute Gasteiger partial charge is 0.233 e. The van der Waals surface area contributed by atoms with Gasteiger partial charge in [-0.25, -0.2) is 0 Å². The minimum atomic E-state index is -0.378. The number of rotatable bonds is 6. The van der Waals surface area contributed by atoms with Crippen LogP contribution in [0.15, 0.2) is 52.2 Å². The fourth-order valence-electron chi connectivity index (χ4n) is 5.27. The first-order valence-electron chi connectivity index (χ1n) is 11.4. The van der Waals surface area contributed by atoms with E-state index in [0.717, 1.165) is 28.1 Å². The van der Waals surface area contributed by atoms with Crippen molar-refractivity contribution in [2.24, 2.45) is 0 Å². The highest BCUT2D eigenvalue weighted by atomic mass is 16.5. The number of methoxy groups -OCH3 is 4. The minimum absolute atomic E-state index is 0.0213. The fraction of sp³-hybridized carbons (Fsp3) is 0.333. The Labute approximate surface area is 203 Å². The number of aryl methyl sites for hydroxylation is 1. The van der Waals surface area contributed by atoms with Crippen molar-refractivity contribution < 1.29 is 28.3 Å². The number of para-hydroxylation sites is 1. The molecule has 3 aromatic rings.